The van der Waals surface area contributed by atoms with Gasteiger partial charge in [0, 0.05) is 25.7 Å². The van der Waals surface area contributed by atoms with Crippen molar-refractivity contribution < 1.29 is 19.0 Å². The van der Waals surface area contributed by atoms with E-state index in [-0.39, 0.29) is 19.0 Å². The van der Waals surface area contributed by atoms with Gasteiger partial charge in [0.1, 0.15) is 6.10 Å². The quantitative estimate of drug-likeness (QED) is 0.820. The third kappa shape index (κ3) is 8.70. The van der Waals surface area contributed by atoms with E-state index in [2.05, 4.69) is 11.9 Å². The number of likely N-dealkylation sites (tertiary alicyclic amines) is 2. The molecule has 0 aromatic heterocycles. The predicted octanol–water partition coefficient (Wildman–Crippen LogP) is 2.83. The maximum absolute atomic E-state index is 12.9. The summed E-state index contributed by atoms with van der Waals surface area (Å²) in [6.07, 6.45) is 2.33. The summed E-state index contributed by atoms with van der Waals surface area (Å²) < 4.78 is 25.8. The molecule has 2 aliphatic rings. The molecule has 2 heterocycles. The maximum atomic E-state index is 12.9. The second-order valence-corrected chi connectivity index (χ2v) is 6.91. The summed E-state index contributed by atoms with van der Waals surface area (Å²) in [5.74, 6) is -2.17. The van der Waals surface area contributed by atoms with Gasteiger partial charge in [0.15, 0.2) is 0 Å². The van der Waals surface area contributed by atoms with Gasteiger partial charge < -0.3 is 15.1 Å². The molecule has 2 atom stereocenters. The lowest BCUT2D eigenvalue weighted by atomic mass is 9.96. The molecule has 0 radical (unpaired) electrons. The number of hydrogen-bond acceptors (Lipinski definition) is 4. The molecule has 2 rings (SSSR count). The van der Waals surface area contributed by atoms with Crippen LogP contribution in [0.3, 0.4) is 0 Å². The molecule has 24 heavy (non-hydrogen) atoms. The fraction of sp³-hybridized carbons (Fsp3) is 1.00. The van der Waals surface area contributed by atoms with Crippen LogP contribution in [0, 0.1) is 5.92 Å². The Kier molecular flexibility index (Phi) is 12.0. The normalized spacial score (nSPS) is 27.8. The van der Waals surface area contributed by atoms with Crippen LogP contribution in [0.15, 0.2) is 0 Å². The van der Waals surface area contributed by atoms with Crippen LogP contribution in [-0.2, 0) is 0 Å². The highest BCUT2D eigenvalue weighted by Crippen LogP contribution is 2.27. The van der Waals surface area contributed by atoms with Crippen molar-refractivity contribution in [3.05, 3.63) is 0 Å². The zero-order chi connectivity index (χ0) is 18.8. The third-order valence-corrected chi connectivity index (χ3v) is 4.58. The Morgan fingerprint density at radius 1 is 1.17 bits per heavy atom. The van der Waals surface area contributed by atoms with E-state index in [1.165, 1.54) is 25.9 Å². The Morgan fingerprint density at radius 2 is 1.79 bits per heavy atom. The Balaban J connectivity index is 0.000000405. The van der Waals surface area contributed by atoms with Gasteiger partial charge in [-0.3, -0.25) is 4.90 Å². The Hall–Kier alpha value is -0.300. The molecule has 0 spiro atoms. The van der Waals surface area contributed by atoms with Crippen molar-refractivity contribution in [1.29, 1.82) is 0 Å². The van der Waals surface area contributed by atoms with E-state index in [0.717, 1.165) is 12.3 Å². The number of nitrogens with zero attached hydrogens (tertiary/aromatic N) is 2. The molecule has 146 valence electrons. The van der Waals surface area contributed by atoms with Crippen LogP contribution in [0.4, 0.5) is 8.78 Å². The second kappa shape index (κ2) is 12.1. The summed E-state index contributed by atoms with van der Waals surface area (Å²) in [4.78, 5) is 4.04. The summed E-state index contributed by atoms with van der Waals surface area (Å²) in [6.45, 7) is 10.8. The minimum absolute atomic E-state index is 0.128. The molecule has 4 nitrogen and oxygen atoms in total. The lowest BCUT2D eigenvalue weighted by molar-refractivity contribution is -0.154. The first kappa shape index (κ1) is 23.7. The van der Waals surface area contributed by atoms with Crippen molar-refractivity contribution in [3.8, 4) is 0 Å². The van der Waals surface area contributed by atoms with Crippen molar-refractivity contribution in [2.45, 2.75) is 71.4 Å². The Labute approximate surface area is 146 Å². The summed E-state index contributed by atoms with van der Waals surface area (Å²) >= 11 is 0. The Bertz CT molecular complexity index is 315. The fourth-order valence-corrected chi connectivity index (χ4v) is 3.09. The second-order valence-electron chi connectivity index (χ2n) is 6.91. The number of piperidine rings is 2. The van der Waals surface area contributed by atoms with Crippen LogP contribution < -0.4 is 0 Å². The molecule has 0 amide bonds. The molecular weight excluding hydrogens is 314 g/mol. The highest BCUT2D eigenvalue weighted by Gasteiger charge is 2.43. The topological polar surface area (TPSA) is 46.9 Å². The number of halogens is 2. The SMILES string of the molecule is CC.CC(C)N1CCC(O)C(F)(F)C1.CN1CCCC(CCO)C1. The fourth-order valence-electron chi connectivity index (χ4n) is 3.09. The van der Waals surface area contributed by atoms with Gasteiger partial charge in [-0.25, -0.2) is 8.78 Å². The molecule has 0 aromatic carbocycles. The predicted molar refractivity (Wildman–Crippen MR) is 95.6 cm³/mol. The molecule has 0 aromatic rings. The van der Waals surface area contributed by atoms with Gasteiger partial charge in [-0.2, -0.15) is 0 Å². The summed E-state index contributed by atoms with van der Waals surface area (Å²) in [7, 11) is 2.16. The number of hydrogen-bond donors (Lipinski definition) is 2. The zero-order valence-electron chi connectivity index (χ0n) is 16.1. The van der Waals surface area contributed by atoms with Crippen molar-refractivity contribution >= 4 is 0 Å². The first-order chi connectivity index (χ1) is 11.3. The van der Waals surface area contributed by atoms with Crippen molar-refractivity contribution in [1.82, 2.24) is 9.80 Å². The molecule has 2 aliphatic heterocycles. The van der Waals surface area contributed by atoms with E-state index < -0.39 is 12.0 Å². The van der Waals surface area contributed by atoms with Gasteiger partial charge in [-0.05, 0) is 59.0 Å². The lowest BCUT2D eigenvalue weighted by Gasteiger charge is -2.37. The van der Waals surface area contributed by atoms with E-state index in [0.29, 0.717) is 13.2 Å². The van der Waals surface area contributed by atoms with Crippen LogP contribution in [0.5, 0.6) is 0 Å². The highest BCUT2D eigenvalue weighted by molar-refractivity contribution is 4.87. The number of rotatable bonds is 3. The van der Waals surface area contributed by atoms with Crippen LogP contribution in [0.1, 0.15) is 53.4 Å². The molecule has 2 unspecified atom stereocenters. The Morgan fingerprint density at radius 3 is 2.25 bits per heavy atom. The van der Waals surface area contributed by atoms with Gasteiger partial charge in [-0.1, -0.05) is 13.8 Å². The minimum atomic E-state index is -2.93. The van der Waals surface area contributed by atoms with Crippen LogP contribution in [-0.4, -0.2) is 77.9 Å². The third-order valence-electron chi connectivity index (χ3n) is 4.58. The van der Waals surface area contributed by atoms with E-state index in [1.54, 1.807) is 4.90 Å². The summed E-state index contributed by atoms with van der Waals surface area (Å²) in [6, 6.07) is 0.128. The van der Waals surface area contributed by atoms with Crippen molar-refractivity contribution in [2.24, 2.45) is 5.92 Å². The van der Waals surface area contributed by atoms with Crippen LogP contribution in [0.25, 0.3) is 0 Å². The van der Waals surface area contributed by atoms with Gasteiger partial charge in [0.25, 0.3) is 5.92 Å². The van der Waals surface area contributed by atoms with Crippen molar-refractivity contribution in [2.75, 3.05) is 39.8 Å². The molecule has 6 heteroatoms. The summed E-state index contributed by atoms with van der Waals surface area (Å²) in [5.41, 5.74) is 0. The van der Waals surface area contributed by atoms with E-state index in [9.17, 15) is 8.78 Å². The van der Waals surface area contributed by atoms with Crippen molar-refractivity contribution in [3.63, 3.8) is 0 Å². The molecule has 2 N–H and O–H groups in total. The largest absolute Gasteiger partial charge is 0.396 e. The molecule has 0 aliphatic carbocycles. The smallest absolute Gasteiger partial charge is 0.285 e. The van der Waals surface area contributed by atoms with E-state index >= 15 is 0 Å². The first-order valence-electron chi connectivity index (χ1n) is 9.35. The minimum Gasteiger partial charge on any atom is -0.396 e. The molecule has 2 fully saturated rings. The van der Waals surface area contributed by atoms with Gasteiger partial charge in [0.05, 0.1) is 6.54 Å². The van der Waals surface area contributed by atoms with E-state index in [4.69, 9.17) is 10.2 Å². The standard InChI is InChI=1S/C8H15F2NO.C8H17NO.C2H6/c1-6(2)11-4-3-7(12)8(9,10)5-11;1-9-5-2-3-8(7-9)4-6-10;1-2/h6-7,12H,3-5H2,1-2H3;8,10H,2-7H2,1H3;1-2H3. The van der Waals surface area contributed by atoms with Gasteiger partial charge in [-0.15, -0.1) is 0 Å². The van der Waals surface area contributed by atoms with Crippen LogP contribution >= 0.6 is 0 Å². The number of aliphatic hydroxyl groups is 2. The highest BCUT2D eigenvalue weighted by atomic mass is 19.3. The maximum Gasteiger partial charge on any atom is 0.285 e. The lowest BCUT2D eigenvalue weighted by Crippen LogP contribution is -2.53. The average molecular weight is 353 g/mol. The molecule has 0 saturated carbocycles. The summed E-state index contributed by atoms with van der Waals surface area (Å²) in [5, 5.41) is 17.6. The van der Waals surface area contributed by atoms with Gasteiger partial charge >= 0.3 is 0 Å². The zero-order valence-corrected chi connectivity index (χ0v) is 16.1. The number of alkyl halides is 2. The molecule has 2 saturated heterocycles. The van der Waals surface area contributed by atoms with E-state index in [1.807, 2.05) is 27.7 Å². The van der Waals surface area contributed by atoms with Gasteiger partial charge in [0.2, 0.25) is 0 Å². The number of aliphatic hydroxyl groups excluding tert-OH is 2. The average Bonchev–Trinajstić information content (AvgIpc) is 2.53. The van der Waals surface area contributed by atoms with Crippen LogP contribution in [0.2, 0.25) is 0 Å². The first-order valence-corrected chi connectivity index (χ1v) is 9.35. The monoisotopic (exact) mass is 352 g/mol. The molecule has 0 bridgehead atoms. The molecular formula is C18H38F2N2O2.